The molecule has 0 aliphatic carbocycles. The van der Waals surface area contributed by atoms with Crippen molar-refractivity contribution in [2.24, 2.45) is 0 Å². The zero-order chi connectivity index (χ0) is 13.0. The minimum absolute atomic E-state index is 0.205. The van der Waals surface area contributed by atoms with E-state index in [2.05, 4.69) is 17.2 Å². The van der Waals surface area contributed by atoms with E-state index in [1.807, 2.05) is 30.3 Å². The number of fused-ring (bicyclic) bond motifs is 1. The molecule has 0 unspecified atom stereocenters. The minimum atomic E-state index is -0.209. The Kier molecular flexibility index (Phi) is 3.36. The molecule has 18 heavy (non-hydrogen) atoms. The number of terminal acetylenes is 2. The number of para-hydroxylation sites is 1. The van der Waals surface area contributed by atoms with Gasteiger partial charge in [0.15, 0.2) is 0 Å². The van der Waals surface area contributed by atoms with E-state index in [0.717, 1.165) is 10.9 Å². The summed E-state index contributed by atoms with van der Waals surface area (Å²) in [6.45, 7) is 0.558. The lowest BCUT2D eigenvalue weighted by atomic mass is 10.2. The highest BCUT2D eigenvalue weighted by Gasteiger charge is 2.13. The maximum absolute atomic E-state index is 12.0. The van der Waals surface area contributed by atoms with Gasteiger partial charge in [0.1, 0.15) is 5.69 Å². The summed E-state index contributed by atoms with van der Waals surface area (Å²) in [6.07, 6.45) is 10.5. The van der Waals surface area contributed by atoms with Gasteiger partial charge in [0.2, 0.25) is 0 Å². The van der Waals surface area contributed by atoms with Gasteiger partial charge in [0, 0.05) is 10.9 Å². The van der Waals surface area contributed by atoms with Crippen LogP contribution in [0.15, 0.2) is 30.3 Å². The summed E-state index contributed by atoms with van der Waals surface area (Å²) in [4.78, 5) is 12.0. The van der Waals surface area contributed by atoms with Crippen LogP contribution in [0.4, 0.5) is 0 Å². The molecule has 1 amide bonds. The average Bonchev–Trinajstić information content (AvgIpc) is 2.76. The van der Waals surface area contributed by atoms with Crippen molar-refractivity contribution in [3.05, 3.63) is 36.0 Å². The van der Waals surface area contributed by atoms with Crippen LogP contribution in [-0.2, 0) is 6.54 Å². The largest absolute Gasteiger partial charge is 0.340 e. The Morgan fingerprint density at radius 1 is 1.28 bits per heavy atom. The summed E-state index contributed by atoms with van der Waals surface area (Å²) < 4.78 is 1.81. The molecular weight excluding hydrogens is 224 g/mol. The van der Waals surface area contributed by atoms with E-state index < -0.39 is 0 Å². The Morgan fingerprint density at radius 3 is 2.78 bits per heavy atom. The van der Waals surface area contributed by atoms with Gasteiger partial charge in [0.05, 0.1) is 13.1 Å². The van der Waals surface area contributed by atoms with E-state index in [1.54, 1.807) is 4.57 Å². The van der Waals surface area contributed by atoms with Crippen molar-refractivity contribution in [3.63, 3.8) is 0 Å². The molecule has 3 nitrogen and oxygen atoms in total. The second-order valence-electron chi connectivity index (χ2n) is 3.77. The number of benzene rings is 1. The summed E-state index contributed by atoms with van der Waals surface area (Å²) >= 11 is 0. The molecule has 1 aromatic carbocycles. The molecule has 2 aromatic rings. The number of hydrogen-bond donors (Lipinski definition) is 1. The van der Waals surface area contributed by atoms with Gasteiger partial charge in [-0.05, 0) is 12.1 Å². The Morgan fingerprint density at radius 2 is 2.06 bits per heavy atom. The summed E-state index contributed by atoms with van der Waals surface area (Å²) in [5.74, 6) is 4.72. The highest BCUT2D eigenvalue weighted by atomic mass is 16.1. The molecular formula is C15H12N2O. The van der Waals surface area contributed by atoms with Crippen molar-refractivity contribution in [3.8, 4) is 24.7 Å². The number of hydrogen-bond acceptors (Lipinski definition) is 1. The van der Waals surface area contributed by atoms with Crippen LogP contribution < -0.4 is 5.32 Å². The van der Waals surface area contributed by atoms with E-state index >= 15 is 0 Å². The first-order valence-corrected chi connectivity index (χ1v) is 5.51. The normalized spacial score (nSPS) is 9.67. The van der Waals surface area contributed by atoms with Crippen LogP contribution in [-0.4, -0.2) is 17.0 Å². The SMILES string of the molecule is C#CCNC(=O)c1cc2ccccc2n1CC#C. The second-order valence-corrected chi connectivity index (χ2v) is 3.77. The number of rotatable bonds is 3. The van der Waals surface area contributed by atoms with Gasteiger partial charge in [0.25, 0.3) is 5.91 Å². The van der Waals surface area contributed by atoms with Crippen molar-refractivity contribution < 1.29 is 4.79 Å². The zero-order valence-electron chi connectivity index (χ0n) is 9.81. The highest BCUT2D eigenvalue weighted by Crippen LogP contribution is 2.19. The molecule has 3 heteroatoms. The van der Waals surface area contributed by atoms with Crippen LogP contribution in [0, 0.1) is 24.7 Å². The molecule has 88 valence electrons. The number of carbonyl (C=O) groups is 1. The Hall–Kier alpha value is -2.65. The molecule has 0 saturated carbocycles. The Balaban J connectivity index is 2.50. The zero-order valence-corrected chi connectivity index (χ0v) is 9.81. The summed E-state index contributed by atoms with van der Waals surface area (Å²) in [5.41, 5.74) is 1.48. The lowest BCUT2D eigenvalue weighted by molar-refractivity contribution is 0.0950. The molecule has 1 heterocycles. The fourth-order valence-corrected chi connectivity index (χ4v) is 1.88. The Labute approximate surface area is 106 Å². The van der Waals surface area contributed by atoms with Crippen LogP contribution in [0.5, 0.6) is 0 Å². The van der Waals surface area contributed by atoms with E-state index in [1.165, 1.54) is 0 Å². The number of nitrogens with one attached hydrogen (secondary N) is 1. The van der Waals surface area contributed by atoms with E-state index in [-0.39, 0.29) is 12.5 Å². The molecule has 0 fully saturated rings. The first-order valence-electron chi connectivity index (χ1n) is 5.51. The third kappa shape index (κ3) is 2.07. The standard InChI is InChI=1S/C15H12N2O/c1-3-9-16-15(18)14-11-12-7-5-6-8-13(12)17(14)10-4-2/h1-2,5-8,11H,9-10H2,(H,16,18). The lowest BCUT2D eigenvalue weighted by Gasteiger charge is -2.06. The van der Waals surface area contributed by atoms with Crippen LogP contribution >= 0.6 is 0 Å². The van der Waals surface area contributed by atoms with E-state index in [0.29, 0.717) is 12.2 Å². The molecule has 1 aromatic heterocycles. The summed E-state index contributed by atoms with van der Waals surface area (Å²) in [7, 11) is 0. The van der Waals surface area contributed by atoms with Crippen LogP contribution in [0.2, 0.25) is 0 Å². The monoisotopic (exact) mass is 236 g/mol. The van der Waals surface area contributed by atoms with Crippen molar-refractivity contribution in [2.45, 2.75) is 6.54 Å². The van der Waals surface area contributed by atoms with Crippen molar-refractivity contribution in [2.75, 3.05) is 6.54 Å². The highest BCUT2D eigenvalue weighted by molar-refractivity contribution is 5.98. The van der Waals surface area contributed by atoms with Crippen LogP contribution in [0.1, 0.15) is 10.5 Å². The number of aromatic nitrogens is 1. The van der Waals surface area contributed by atoms with Gasteiger partial charge >= 0.3 is 0 Å². The first kappa shape index (κ1) is 11.8. The maximum Gasteiger partial charge on any atom is 0.268 e. The number of carbonyl (C=O) groups excluding carboxylic acids is 1. The summed E-state index contributed by atoms with van der Waals surface area (Å²) in [5, 5.41) is 3.63. The van der Waals surface area contributed by atoms with Gasteiger partial charge in [-0.3, -0.25) is 4.79 Å². The average molecular weight is 236 g/mol. The molecule has 0 aliphatic heterocycles. The third-order valence-corrected chi connectivity index (χ3v) is 2.64. The van der Waals surface area contributed by atoms with Gasteiger partial charge in [-0.2, -0.15) is 0 Å². The third-order valence-electron chi connectivity index (χ3n) is 2.64. The van der Waals surface area contributed by atoms with Gasteiger partial charge in [-0.15, -0.1) is 12.8 Å². The smallest absolute Gasteiger partial charge is 0.268 e. The van der Waals surface area contributed by atoms with Gasteiger partial charge in [-0.1, -0.05) is 30.0 Å². The van der Waals surface area contributed by atoms with E-state index in [9.17, 15) is 4.79 Å². The minimum Gasteiger partial charge on any atom is -0.340 e. The number of nitrogens with zero attached hydrogens (tertiary/aromatic N) is 1. The number of amides is 1. The van der Waals surface area contributed by atoms with Crippen molar-refractivity contribution in [1.29, 1.82) is 0 Å². The first-order chi connectivity index (χ1) is 8.77. The predicted octanol–water partition coefficient (Wildman–Crippen LogP) is 1.64. The van der Waals surface area contributed by atoms with Crippen LogP contribution in [0.3, 0.4) is 0 Å². The van der Waals surface area contributed by atoms with Gasteiger partial charge < -0.3 is 9.88 Å². The molecule has 0 bridgehead atoms. The maximum atomic E-state index is 12.0. The Bertz CT molecular complexity index is 668. The molecule has 0 atom stereocenters. The molecule has 2 rings (SSSR count). The second kappa shape index (κ2) is 5.12. The molecule has 1 N–H and O–H groups in total. The fourth-order valence-electron chi connectivity index (χ4n) is 1.88. The fraction of sp³-hybridized carbons (Fsp3) is 0.133. The van der Waals surface area contributed by atoms with Crippen LogP contribution in [0.25, 0.3) is 10.9 Å². The van der Waals surface area contributed by atoms with E-state index in [4.69, 9.17) is 12.8 Å². The molecule has 0 aliphatic rings. The van der Waals surface area contributed by atoms with Crippen molar-refractivity contribution >= 4 is 16.8 Å². The molecule has 0 spiro atoms. The topological polar surface area (TPSA) is 34.0 Å². The predicted molar refractivity (Wildman–Crippen MR) is 71.9 cm³/mol. The quantitative estimate of drug-likeness (QED) is 0.808. The van der Waals surface area contributed by atoms with Gasteiger partial charge in [-0.25, -0.2) is 0 Å². The lowest BCUT2D eigenvalue weighted by Crippen LogP contribution is -2.26. The van der Waals surface area contributed by atoms with Crippen molar-refractivity contribution in [1.82, 2.24) is 9.88 Å². The molecule has 0 radical (unpaired) electrons. The molecule has 0 saturated heterocycles. The summed E-state index contributed by atoms with van der Waals surface area (Å²) in [6, 6.07) is 9.54.